The van der Waals surface area contributed by atoms with Crippen LogP contribution in [0.3, 0.4) is 0 Å². The Kier molecular flexibility index (Phi) is 7.69. The molecule has 152 valence electrons. The fourth-order valence-corrected chi connectivity index (χ4v) is 3.84. The number of benzene rings is 2. The van der Waals surface area contributed by atoms with Gasteiger partial charge in [0.15, 0.2) is 5.16 Å². The first-order valence-electron chi connectivity index (χ1n) is 9.33. The minimum atomic E-state index is -0.158. The summed E-state index contributed by atoms with van der Waals surface area (Å²) in [5, 5.41) is 13.7. The van der Waals surface area contributed by atoms with Crippen LogP contribution in [-0.2, 0) is 17.8 Å². The standard InChI is InChI=1S/C21H22ClN3O3S/c22-16-8-6-15(7-9-16)10-11-23-19(27)14-29-21-24-18-5-2-1-4-17(18)20(28)25(21)12-3-13-26/h1-2,4-9,26H,3,10-14H2,(H,23,27). The molecule has 0 aliphatic carbocycles. The lowest BCUT2D eigenvalue weighted by atomic mass is 10.1. The maximum absolute atomic E-state index is 12.8. The van der Waals surface area contributed by atoms with Gasteiger partial charge in [0.1, 0.15) is 0 Å². The Morgan fingerprint density at radius 2 is 1.93 bits per heavy atom. The number of para-hydroxylation sites is 1. The minimum absolute atomic E-state index is 0.0193. The van der Waals surface area contributed by atoms with Crippen molar-refractivity contribution in [2.24, 2.45) is 0 Å². The molecule has 0 unspecified atom stereocenters. The number of hydrogen-bond donors (Lipinski definition) is 2. The van der Waals surface area contributed by atoms with E-state index in [9.17, 15) is 9.59 Å². The number of amides is 1. The summed E-state index contributed by atoms with van der Waals surface area (Å²) in [6, 6.07) is 14.6. The van der Waals surface area contributed by atoms with Gasteiger partial charge in [-0.2, -0.15) is 0 Å². The van der Waals surface area contributed by atoms with Crippen molar-refractivity contribution >= 4 is 40.2 Å². The Hall–Kier alpha value is -2.35. The lowest BCUT2D eigenvalue weighted by Crippen LogP contribution is -2.28. The van der Waals surface area contributed by atoms with E-state index in [1.807, 2.05) is 30.3 Å². The Morgan fingerprint density at radius 1 is 1.17 bits per heavy atom. The van der Waals surface area contributed by atoms with Crippen LogP contribution in [0, 0.1) is 0 Å². The minimum Gasteiger partial charge on any atom is -0.396 e. The van der Waals surface area contributed by atoms with E-state index in [1.54, 1.807) is 18.2 Å². The molecular formula is C21H22ClN3O3S. The van der Waals surface area contributed by atoms with Crippen molar-refractivity contribution in [3.63, 3.8) is 0 Å². The summed E-state index contributed by atoms with van der Waals surface area (Å²) in [6.07, 6.45) is 1.16. The summed E-state index contributed by atoms with van der Waals surface area (Å²) >= 11 is 7.09. The largest absolute Gasteiger partial charge is 0.396 e. The predicted octanol–water partition coefficient (Wildman–Crippen LogP) is 2.88. The number of carbonyl (C=O) groups is 1. The third-order valence-electron chi connectivity index (χ3n) is 4.35. The SMILES string of the molecule is O=C(CSc1nc2ccccc2c(=O)n1CCCO)NCCc1ccc(Cl)cc1. The normalized spacial score (nSPS) is 11.0. The zero-order valence-electron chi connectivity index (χ0n) is 15.8. The molecule has 1 amide bonds. The Morgan fingerprint density at radius 3 is 2.69 bits per heavy atom. The van der Waals surface area contributed by atoms with Crippen LogP contribution in [0.15, 0.2) is 58.5 Å². The lowest BCUT2D eigenvalue weighted by Gasteiger charge is -2.12. The van der Waals surface area contributed by atoms with Crippen molar-refractivity contribution in [1.29, 1.82) is 0 Å². The quantitative estimate of drug-likeness (QED) is 0.402. The summed E-state index contributed by atoms with van der Waals surface area (Å²) < 4.78 is 1.53. The van der Waals surface area contributed by atoms with Gasteiger partial charge in [-0.1, -0.05) is 47.6 Å². The average molecular weight is 432 g/mol. The number of rotatable bonds is 9. The fourth-order valence-electron chi connectivity index (χ4n) is 2.86. The lowest BCUT2D eigenvalue weighted by molar-refractivity contribution is -0.118. The molecule has 0 saturated carbocycles. The number of thioether (sulfide) groups is 1. The average Bonchev–Trinajstić information content (AvgIpc) is 2.73. The summed E-state index contributed by atoms with van der Waals surface area (Å²) in [6.45, 7) is 0.853. The second-order valence-corrected chi connectivity index (χ2v) is 7.84. The molecule has 0 spiro atoms. The van der Waals surface area contributed by atoms with E-state index in [0.29, 0.717) is 47.0 Å². The highest BCUT2D eigenvalue weighted by Gasteiger charge is 2.13. The van der Waals surface area contributed by atoms with Gasteiger partial charge in [0.25, 0.3) is 5.56 Å². The molecule has 1 heterocycles. The molecule has 0 atom stereocenters. The van der Waals surface area contributed by atoms with Crippen molar-refractivity contribution in [2.45, 2.75) is 24.5 Å². The van der Waals surface area contributed by atoms with Gasteiger partial charge in [-0.3, -0.25) is 14.2 Å². The number of aliphatic hydroxyl groups is 1. The third-order valence-corrected chi connectivity index (χ3v) is 5.58. The van der Waals surface area contributed by atoms with Crippen LogP contribution in [0.5, 0.6) is 0 Å². The number of fused-ring (bicyclic) bond motifs is 1. The molecule has 0 saturated heterocycles. The van der Waals surface area contributed by atoms with Crippen molar-refractivity contribution in [3.05, 3.63) is 69.5 Å². The van der Waals surface area contributed by atoms with Gasteiger partial charge in [-0.15, -0.1) is 0 Å². The number of nitrogens with one attached hydrogen (secondary N) is 1. The van der Waals surface area contributed by atoms with Crippen LogP contribution in [-0.4, -0.2) is 39.5 Å². The molecule has 0 aliphatic heterocycles. The van der Waals surface area contributed by atoms with Crippen LogP contribution in [0.2, 0.25) is 5.02 Å². The van der Waals surface area contributed by atoms with Crippen molar-refractivity contribution in [2.75, 3.05) is 18.9 Å². The van der Waals surface area contributed by atoms with Gasteiger partial charge < -0.3 is 10.4 Å². The molecule has 2 N–H and O–H groups in total. The van der Waals surface area contributed by atoms with E-state index < -0.39 is 0 Å². The van der Waals surface area contributed by atoms with Crippen molar-refractivity contribution in [1.82, 2.24) is 14.9 Å². The maximum Gasteiger partial charge on any atom is 0.262 e. The topological polar surface area (TPSA) is 84.2 Å². The van der Waals surface area contributed by atoms with Gasteiger partial charge in [0, 0.05) is 24.7 Å². The molecule has 2 aromatic carbocycles. The van der Waals surface area contributed by atoms with E-state index in [0.717, 1.165) is 5.56 Å². The molecule has 0 bridgehead atoms. The zero-order valence-corrected chi connectivity index (χ0v) is 17.4. The molecule has 8 heteroatoms. The maximum atomic E-state index is 12.8. The predicted molar refractivity (Wildman–Crippen MR) is 117 cm³/mol. The number of aromatic nitrogens is 2. The van der Waals surface area contributed by atoms with Crippen LogP contribution >= 0.6 is 23.4 Å². The second kappa shape index (κ2) is 10.4. The number of carbonyl (C=O) groups excluding carboxylic acids is 1. The summed E-state index contributed by atoms with van der Waals surface area (Å²) in [4.78, 5) is 29.5. The van der Waals surface area contributed by atoms with Crippen molar-refractivity contribution < 1.29 is 9.90 Å². The zero-order chi connectivity index (χ0) is 20.6. The van der Waals surface area contributed by atoms with Crippen LogP contribution < -0.4 is 10.9 Å². The molecule has 3 rings (SSSR count). The Labute approximate surface area is 177 Å². The second-order valence-electron chi connectivity index (χ2n) is 6.46. The van der Waals surface area contributed by atoms with Crippen LogP contribution in [0.1, 0.15) is 12.0 Å². The summed E-state index contributed by atoms with van der Waals surface area (Å²) in [5.41, 5.74) is 1.54. The monoisotopic (exact) mass is 431 g/mol. The Bertz CT molecular complexity index is 1040. The highest BCUT2D eigenvalue weighted by atomic mass is 35.5. The number of halogens is 1. The van der Waals surface area contributed by atoms with E-state index in [1.165, 1.54) is 16.3 Å². The molecule has 3 aromatic rings. The highest BCUT2D eigenvalue weighted by Crippen LogP contribution is 2.18. The van der Waals surface area contributed by atoms with Gasteiger partial charge >= 0.3 is 0 Å². The van der Waals surface area contributed by atoms with Crippen LogP contribution in [0.4, 0.5) is 0 Å². The third kappa shape index (κ3) is 5.82. The molecule has 6 nitrogen and oxygen atoms in total. The molecule has 29 heavy (non-hydrogen) atoms. The summed E-state index contributed by atoms with van der Waals surface area (Å²) in [5.74, 6) is 0.0323. The van der Waals surface area contributed by atoms with Gasteiger partial charge in [-0.05, 0) is 42.7 Å². The fraction of sp³-hybridized carbons (Fsp3) is 0.286. The first kappa shape index (κ1) is 21.4. The first-order chi connectivity index (χ1) is 14.1. The smallest absolute Gasteiger partial charge is 0.262 e. The highest BCUT2D eigenvalue weighted by molar-refractivity contribution is 7.99. The molecular weight excluding hydrogens is 410 g/mol. The van der Waals surface area contributed by atoms with E-state index >= 15 is 0 Å². The Balaban J connectivity index is 1.63. The van der Waals surface area contributed by atoms with Gasteiger partial charge in [0.2, 0.25) is 5.91 Å². The molecule has 0 aliphatic rings. The van der Waals surface area contributed by atoms with Crippen molar-refractivity contribution in [3.8, 4) is 0 Å². The molecule has 0 radical (unpaired) electrons. The van der Waals surface area contributed by atoms with E-state index in [-0.39, 0.29) is 23.8 Å². The first-order valence-corrected chi connectivity index (χ1v) is 10.7. The van der Waals surface area contributed by atoms with E-state index in [4.69, 9.17) is 16.7 Å². The van der Waals surface area contributed by atoms with Gasteiger partial charge in [0.05, 0.1) is 16.7 Å². The van der Waals surface area contributed by atoms with Gasteiger partial charge in [-0.25, -0.2) is 4.98 Å². The molecule has 0 fully saturated rings. The molecule has 1 aromatic heterocycles. The van der Waals surface area contributed by atoms with E-state index in [2.05, 4.69) is 10.3 Å². The number of nitrogens with zero attached hydrogens (tertiary/aromatic N) is 2. The number of aliphatic hydroxyl groups excluding tert-OH is 1. The van der Waals surface area contributed by atoms with Crippen LogP contribution in [0.25, 0.3) is 10.9 Å². The summed E-state index contributed by atoms with van der Waals surface area (Å²) in [7, 11) is 0. The number of hydrogen-bond acceptors (Lipinski definition) is 5.